The number of anilines is 1. The summed E-state index contributed by atoms with van der Waals surface area (Å²) in [6.07, 6.45) is 0.975. The Balaban J connectivity index is 1.78. The van der Waals surface area contributed by atoms with Gasteiger partial charge in [0.2, 0.25) is 0 Å². The molecular weight excluding hydrogens is 264 g/mol. The smallest absolute Gasteiger partial charge is 0.122 e. The standard InChI is InChI=1S/C17H20N2O2/c1-20-15-5-3-14(4-6-15)19-16(11-18)12-2-7-17-13(10-12)8-9-21-17/h2-7,10,16,19H,8-9,11,18H2,1H3. The minimum absolute atomic E-state index is 0.0873. The molecule has 0 fully saturated rings. The molecule has 0 aliphatic carbocycles. The molecular formula is C17H20N2O2. The van der Waals surface area contributed by atoms with E-state index in [1.165, 1.54) is 11.1 Å². The fraction of sp³-hybridized carbons (Fsp3) is 0.294. The number of ether oxygens (including phenoxy) is 2. The molecule has 0 aromatic heterocycles. The van der Waals surface area contributed by atoms with E-state index < -0.39 is 0 Å². The first-order chi connectivity index (χ1) is 10.3. The van der Waals surface area contributed by atoms with E-state index in [0.717, 1.165) is 30.2 Å². The van der Waals surface area contributed by atoms with Gasteiger partial charge in [-0.15, -0.1) is 0 Å². The van der Waals surface area contributed by atoms with Gasteiger partial charge in [0.1, 0.15) is 11.5 Å². The number of benzene rings is 2. The lowest BCUT2D eigenvalue weighted by Crippen LogP contribution is -2.20. The highest BCUT2D eigenvalue weighted by molar-refractivity contribution is 5.49. The summed E-state index contributed by atoms with van der Waals surface area (Å²) in [6.45, 7) is 1.31. The Morgan fingerprint density at radius 3 is 2.76 bits per heavy atom. The van der Waals surface area contributed by atoms with E-state index in [9.17, 15) is 0 Å². The average Bonchev–Trinajstić information content (AvgIpc) is 3.00. The molecule has 1 unspecified atom stereocenters. The van der Waals surface area contributed by atoms with Crippen molar-refractivity contribution < 1.29 is 9.47 Å². The number of methoxy groups -OCH3 is 1. The highest BCUT2D eigenvalue weighted by Crippen LogP contribution is 2.29. The number of rotatable bonds is 5. The molecule has 110 valence electrons. The highest BCUT2D eigenvalue weighted by atomic mass is 16.5. The van der Waals surface area contributed by atoms with Gasteiger partial charge in [-0.05, 0) is 47.5 Å². The van der Waals surface area contributed by atoms with Crippen molar-refractivity contribution in [2.75, 3.05) is 25.6 Å². The Hall–Kier alpha value is -2.20. The van der Waals surface area contributed by atoms with Crippen LogP contribution in [0.5, 0.6) is 11.5 Å². The molecule has 0 amide bonds. The lowest BCUT2D eigenvalue weighted by atomic mass is 10.0. The number of nitrogens with two attached hydrogens (primary N) is 1. The van der Waals surface area contributed by atoms with Crippen molar-refractivity contribution in [3.8, 4) is 11.5 Å². The number of hydrogen-bond donors (Lipinski definition) is 2. The van der Waals surface area contributed by atoms with E-state index in [2.05, 4.69) is 17.4 Å². The maximum atomic E-state index is 5.94. The van der Waals surface area contributed by atoms with Gasteiger partial charge in [0.05, 0.1) is 19.8 Å². The topological polar surface area (TPSA) is 56.5 Å². The predicted molar refractivity (Wildman–Crippen MR) is 84.1 cm³/mol. The SMILES string of the molecule is COc1ccc(NC(CN)c2ccc3c(c2)CCO3)cc1. The highest BCUT2D eigenvalue weighted by Gasteiger charge is 2.16. The zero-order chi connectivity index (χ0) is 14.7. The normalized spacial score (nSPS) is 14.2. The van der Waals surface area contributed by atoms with E-state index in [4.69, 9.17) is 15.2 Å². The van der Waals surface area contributed by atoms with Crippen molar-refractivity contribution in [3.05, 3.63) is 53.6 Å². The number of fused-ring (bicyclic) bond motifs is 1. The second kappa shape index (κ2) is 6.06. The first kappa shape index (κ1) is 13.8. The molecule has 0 saturated carbocycles. The van der Waals surface area contributed by atoms with Crippen molar-refractivity contribution in [3.63, 3.8) is 0 Å². The summed E-state index contributed by atoms with van der Waals surface area (Å²) in [7, 11) is 1.66. The van der Waals surface area contributed by atoms with Gasteiger partial charge in [-0.2, -0.15) is 0 Å². The lowest BCUT2D eigenvalue weighted by Gasteiger charge is -2.19. The van der Waals surface area contributed by atoms with Crippen molar-refractivity contribution >= 4 is 5.69 Å². The molecule has 4 heteroatoms. The van der Waals surface area contributed by atoms with E-state index in [1.807, 2.05) is 30.3 Å². The summed E-state index contributed by atoms with van der Waals surface area (Å²) in [4.78, 5) is 0. The third-order valence-corrected chi connectivity index (χ3v) is 3.78. The third-order valence-electron chi connectivity index (χ3n) is 3.78. The van der Waals surface area contributed by atoms with Crippen LogP contribution in [0, 0.1) is 0 Å². The van der Waals surface area contributed by atoms with Crippen molar-refractivity contribution in [2.24, 2.45) is 5.73 Å². The fourth-order valence-corrected chi connectivity index (χ4v) is 2.59. The molecule has 2 aromatic rings. The Morgan fingerprint density at radius 2 is 2.05 bits per heavy atom. The van der Waals surface area contributed by atoms with Crippen LogP contribution in [-0.2, 0) is 6.42 Å². The summed E-state index contributed by atoms with van der Waals surface area (Å²) in [5.74, 6) is 1.85. The van der Waals surface area contributed by atoms with Gasteiger partial charge >= 0.3 is 0 Å². The molecule has 3 rings (SSSR count). The molecule has 0 bridgehead atoms. The quantitative estimate of drug-likeness (QED) is 0.886. The molecule has 21 heavy (non-hydrogen) atoms. The summed E-state index contributed by atoms with van der Waals surface area (Å²) < 4.78 is 10.7. The van der Waals surface area contributed by atoms with Crippen LogP contribution in [0.1, 0.15) is 17.2 Å². The Kier molecular flexibility index (Phi) is 3.97. The third kappa shape index (κ3) is 2.95. The van der Waals surface area contributed by atoms with Crippen LogP contribution in [0.3, 0.4) is 0 Å². The zero-order valence-electron chi connectivity index (χ0n) is 12.1. The van der Waals surface area contributed by atoms with Gasteiger partial charge in [0, 0.05) is 18.7 Å². The summed E-state index contributed by atoms with van der Waals surface area (Å²) in [5, 5.41) is 3.47. The van der Waals surface area contributed by atoms with Crippen molar-refractivity contribution in [2.45, 2.75) is 12.5 Å². The molecule has 2 aromatic carbocycles. The summed E-state index contributed by atoms with van der Waals surface area (Å²) in [6, 6.07) is 14.3. The van der Waals surface area contributed by atoms with E-state index in [-0.39, 0.29) is 6.04 Å². The molecule has 0 spiro atoms. The van der Waals surface area contributed by atoms with Gasteiger partial charge in [0.25, 0.3) is 0 Å². The van der Waals surface area contributed by atoms with Crippen molar-refractivity contribution in [1.82, 2.24) is 0 Å². The minimum atomic E-state index is 0.0873. The van der Waals surface area contributed by atoms with Crippen LogP contribution in [0.25, 0.3) is 0 Å². The second-order valence-electron chi connectivity index (χ2n) is 5.13. The van der Waals surface area contributed by atoms with Gasteiger partial charge in [-0.3, -0.25) is 0 Å². The molecule has 0 saturated heterocycles. The average molecular weight is 284 g/mol. The Labute approximate surface area is 124 Å². The van der Waals surface area contributed by atoms with E-state index in [1.54, 1.807) is 7.11 Å². The van der Waals surface area contributed by atoms with Crippen molar-refractivity contribution in [1.29, 1.82) is 0 Å². The van der Waals surface area contributed by atoms with Crippen LogP contribution in [0.4, 0.5) is 5.69 Å². The fourth-order valence-electron chi connectivity index (χ4n) is 2.59. The zero-order valence-corrected chi connectivity index (χ0v) is 12.1. The van der Waals surface area contributed by atoms with Gasteiger partial charge in [0.15, 0.2) is 0 Å². The van der Waals surface area contributed by atoms with Crippen LogP contribution >= 0.6 is 0 Å². The molecule has 1 aliphatic heterocycles. The van der Waals surface area contributed by atoms with Gasteiger partial charge in [-0.1, -0.05) is 6.07 Å². The predicted octanol–water partition coefficient (Wildman–Crippen LogP) is 2.74. The lowest BCUT2D eigenvalue weighted by molar-refractivity contribution is 0.357. The second-order valence-corrected chi connectivity index (χ2v) is 5.13. The van der Waals surface area contributed by atoms with E-state index >= 15 is 0 Å². The number of hydrogen-bond acceptors (Lipinski definition) is 4. The van der Waals surface area contributed by atoms with E-state index in [0.29, 0.717) is 6.54 Å². The van der Waals surface area contributed by atoms with Gasteiger partial charge < -0.3 is 20.5 Å². The molecule has 3 N–H and O–H groups in total. The molecule has 1 atom stereocenters. The van der Waals surface area contributed by atoms with Crippen LogP contribution in [0.2, 0.25) is 0 Å². The minimum Gasteiger partial charge on any atom is -0.497 e. The summed E-state index contributed by atoms with van der Waals surface area (Å²) in [5.41, 5.74) is 9.42. The molecule has 4 nitrogen and oxygen atoms in total. The largest absolute Gasteiger partial charge is 0.497 e. The van der Waals surface area contributed by atoms with Crippen LogP contribution in [0.15, 0.2) is 42.5 Å². The first-order valence-electron chi connectivity index (χ1n) is 7.16. The summed E-state index contributed by atoms with van der Waals surface area (Å²) >= 11 is 0. The molecule has 1 heterocycles. The van der Waals surface area contributed by atoms with Gasteiger partial charge in [-0.25, -0.2) is 0 Å². The maximum Gasteiger partial charge on any atom is 0.122 e. The molecule has 0 radical (unpaired) electrons. The Bertz CT molecular complexity index is 611. The number of nitrogens with one attached hydrogen (secondary N) is 1. The Morgan fingerprint density at radius 1 is 1.24 bits per heavy atom. The van der Waals surface area contributed by atoms with Crippen LogP contribution in [-0.4, -0.2) is 20.3 Å². The monoisotopic (exact) mass is 284 g/mol. The maximum absolute atomic E-state index is 5.94. The molecule has 1 aliphatic rings. The van der Waals surface area contributed by atoms with Crippen LogP contribution < -0.4 is 20.5 Å². The first-order valence-corrected chi connectivity index (χ1v) is 7.16.